The van der Waals surface area contributed by atoms with E-state index in [1.807, 2.05) is 0 Å². The van der Waals surface area contributed by atoms with Gasteiger partial charge in [-0.3, -0.25) is 4.79 Å². The van der Waals surface area contributed by atoms with Gasteiger partial charge in [-0.2, -0.15) is 0 Å². The summed E-state index contributed by atoms with van der Waals surface area (Å²) in [6.07, 6.45) is 0. The molecule has 0 atom stereocenters. The Kier molecular flexibility index (Phi) is 5.04. The highest BCUT2D eigenvalue weighted by molar-refractivity contribution is 6.33. The number of carbonyl (C=O) groups is 2. The van der Waals surface area contributed by atoms with Crippen LogP contribution in [0.25, 0.3) is 0 Å². The second-order valence-corrected chi connectivity index (χ2v) is 5.51. The van der Waals surface area contributed by atoms with E-state index in [9.17, 15) is 14.0 Å². The van der Waals surface area contributed by atoms with E-state index in [0.29, 0.717) is 30.4 Å². The molecule has 2 aromatic carbocycles. The molecule has 0 aliphatic carbocycles. The van der Waals surface area contributed by atoms with Gasteiger partial charge in [0.05, 0.1) is 10.6 Å². The number of rotatable bonds is 4. The van der Waals surface area contributed by atoms with Crippen LogP contribution in [-0.2, 0) is 9.53 Å². The molecule has 1 N–H and O–H groups in total. The first kappa shape index (κ1) is 17.0. The molecule has 1 aliphatic heterocycles. The fourth-order valence-corrected chi connectivity index (χ4v) is 2.43. The van der Waals surface area contributed by atoms with E-state index in [-0.39, 0.29) is 10.6 Å². The van der Waals surface area contributed by atoms with E-state index >= 15 is 0 Å². The third-order valence-electron chi connectivity index (χ3n) is 3.31. The molecule has 0 aromatic heterocycles. The maximum absolute atomic E-state index is 13.0. The second-order valence-electron chi connectivity index (χ2n) is 5.11. The van der Waals surface area contributed by atoms with Crippen LogP contribution in [0, 0.1) is 5.82 Å². The van der Waals surface area contributed by atoms with Crippen LogP contribution in [0.2, 0.25) is 5.02 Å². The van der Waals surface area contributed by atoms with Crippen molar-refractivity contribution >= 4 is 29.2 Å². The quantitative estimate of drug-likeness (QED) is 0.843. The normalized spacial score (nSPS) is 12.4. The summed E-state index contributed by atoms with van der Waals surface area (Å²) < 4.78 is 28.7. The monoisotopic (exact) mass is 365 g/mol. The molecule has 130 valence electrons. The van der Waals surface area contributed by atoms with Crippen molar-refractivity contribution in [1.29, 1.82) is 0 Å². The lowest BCUT2D eigenvalue weighted by molar-refractivity contribution is -0.119. The topological polar surface area (TPSA) is 73.9 Å². The number of benzene rings is 2. The Morgan fingerprint density at radius 1 is 1.12 bits per heavy atom. The number of amides is 1. The molecule has 2 aromatic rings. The van der Waals surface area contributed by atoms with Crippen LogP contribution in [-0.4, -0.2) is 31.7 Å². The number of carbonyl (C=O) groups excluding carboxylic acids is 2. The number of ether oxygens (including phenoxy) is 3. The average molecular weight is 366 g/mol. The molecule has 0 radical (unpaired) electrons. The molecule has 0 fully saturated rings. The number of fused-ring (bicyclic) bond motifs is 1. The van der Waals surface area contributed by atoms with Gasteiger partial charge in [-0.15, -0.1) is 0 Å². The highest BCUT2D eigenvalue weighted by Gasteiger charge is 2.16. The van der Waals surface area contributed by atoms with Crippen LogP contribution in [0.5, 0.6) is 11.5 Å². The van der Waals surface area contributed by atoms with Crippen LogP contribution in [0.1, 0.15) is 10.4 Å². The zero-order valence-electron chi connectivity index (χ0n) is 12.9. The number of hydrogen-bond donors (Lipinski definition) is 1. The Morgan fingerprint density at radius 2 is 1.88 bits per heavy atom. The molecule has 1 aliphatic rings. The van der Waals surface area contributed by atoms with Gasteiger partial charge in [0, 0.05) is 11.8 Å². The van der Waals surface area contributed by atoms with E-state index in [1.54, 1.807) is 18.2 Å². The summed E-state index contributed by atoms with van der Waals surface area (Å²) in [6.45, 7) is 0.391. The highest BCUT2D eigenvalue weighted by Crippen LogP contribution is 2.32. The van der Waals surface area contributed by atoms with Crippen molar-refractivity contribution in [2.24, 2.45) is 0 Å². The Labute approximate surface area is 147 Å². The van der Waals surface area contributed by atoms with Gasteiger partial charge in [-0.1, -0.05) is 11.6 Å². The number of anilines is 1. The molecule has 0 saturated carbocycles. The molecule has 8 heteroatoms. The molecular weight excluding hydrogens is 353 g/mol. The number of halogens is 2. The van der Waals surface area contributed by atoms with Crippen molar-refractivity contribution in [1.82, 2.24) is 0 Å². The van der Waals surface area contributed by atoms with E-state index < -0.39 is 24.3 Å². The second kappa shape index (κ2) is 7.40. The van der Waals surface area contributed by atoms with Crippen LogP contribution in [0.4, 0.5) is 10.1 Å². The first-order valence-corrected chi connectivity index (χ1v) is 7.72. The van der Waals surface area contributed by atoms with E-state index in [2.05, 4.69) is 5.32 Å². The van der Waals surface area contributed by atoms with Crippen LogP contribution >= 0.6 is 11.6 Å². The highest BCUT2D eigenvalue weighted by atomic mass is 35.5. The van der Waals surface area contributed by atoms with Gasteiger partial charge in [-0.05, 0) is 30.3 Å². The van der Waals surface area contributed by atoms with E-state index in [0.717, 1.165) is 12.1 Å². The smallest absolute Gasteiger partial charge is 0.340 e. The van der Waals surface area contributed by atoms with Crippen molar-refractivity contribution < 1.29 is 28.2 Å². The van der Waals surface area contributed by atoms with Crippen molar-refractivity contribution in [3.05, 3.63) is 52.8 Å². The lowest BCUT2D eigenvalue weighted by atomic mass is 10.2. The fraction of sp³-hybridized carbons (Fsp3) is 0.176. The van der Waals surface area contributed by atoms with Gasteiger partial charge < -0.3 is 19.5 Å². The van der Waals surface area contributed by atoms with Gasteiger partial charge in [-0.25, -0.2) is 9.18 Å². The molecule has 0 unspecified atom stereocenters. The predicted octanol–water partition coefficient (Wildman–Crippen LogP) is 3.05. The third-order valence-corrected chi connectivity index (χ3v) is 3.62. The van der Waals surface area contributed by atoms with Gasteiger partial charge in [0.25, 0.3) is 5.91 Å². The first-order chi connectivity index (χ1) is 12.0. The molecule has 25 heavy (non-hydrogen) atoms. The molecule has 0 spiro atoms. The van der Waals surface area contributed by atoms with Gasteiger partial charge in [0.1, 0.15) is 19.0 Å². The largest absolute Gasteiger partial charge is 0.486 e. The summed E-state index contributed by atoms with van der Waals surface area (Å²) in [6, 6.07) is 8.20. The molecule has 0 saturated heterocycles. The Hall–Kier alpha value is -2.80. The van der Waals surface area contributed by atoms with Gasteiger partial charge in [0.2, 0.25) is 0 Å². The first-order valence-electron chi connectivity index (χ1n) is 7.34. The molecule has 3 rings (SSSR count). The predicted molar refractivity (Wildman–Crippen MR) is 87.8 cm³/mol. The third kappa shape index (κ3) is 4.19. The maximum atomic E-state index is 13.0. The summed E-state index contributed by atoms with van der Waals surface area (Å²) in [7, 11) is 0. The Morgan fingerprint density at radius 3 is 2.64 bits per heavy atom. The number of nitrogens with one attached hydrogen (secondary N) is 1. The summed E-state index contributed by atoms with van der Waals surface area (Å²) in [4.78, 5) is 23.8. The summed E-state index contributed by atoms with van der Waals surface area (Å²) >= 11 is 5.77. The molecule has 6 nitrogen and oxygen atoms in total. The standard InChI is InChI=1S/C17H13ClFNO5/c18-13-7-10(19)1-3-12(13)17(22)25-9-16(21)20-11-2-4-14-15(8-11)24-6-5-23-14/h1-4,7-8H,5-6,9H2,(H,20,21). The zero-order valence-corrected chi connectivity index (χ0v) is 13.6. The van der Waals surface area contributed by atoms with Crippen LogP contribution < -0.4 is 14.8 Å². The van der Waals surface area contributed by atoms with Crippen LogP contribution in [0.3, 0.4) is 0 Å². The van der Waals surface area contributed by atoms with Crippen molar-refractivity contribution in [3.8, 4) is 11.5 Å². The summed E-state index contributed by atoms with van der Waals surface area (Å²) in [5.41, 5.74) is 0.459. The summed E-state index contributed by atoms with van der Waals surface area (Å²) in [5, 5.41) is 2.49. The molecule has 0 bridgehead atoms. The SMILES string of the molecule is O=C(COC(=O)c1ccc(F)cc1Cl)Nc1ccc2c(c1)OCCO2. The lowest BCUT2D eigenvalue weighted by Gasteiger charge is -2.19. The Balaban J connectivity index is 1.56. The minimum absolute atomic E-state index is 0.0183. The fourth-order valence-electron chi connectivity index (χ4n) is 2.18. The minimum Gasteiger partial charge on any atom is -0.486 e. The van der Waals surface area contributed by atoms with Crippen molar-refractivity contribution in [2.45, 2.75) is 0 Å². The lowest BCUT2D eigenvalue weighted by Crippen LogP contribution is -2.21. The maximum Gasteiger partial charge on any atom is 0.340 e. The number of esters is 1. The molecular formula is C17H13ClFNO5. The zero-order chi connectivity index (χ0) is 17.8. The minimum atomic E-state index is -0.817. The van der Waals surface area contributed by atoms with Crippen LogP contribution in [0.15, 0.2) is 36.4 Å². The number of hydrogen-bond acceptors (Lipinski definition) is 5. The van der Waals surface area contributed by atoms with Gasteiger partial charge >= 0.3 is 5.97 Å². The molecule has 1 heterocycles. The van der Waals surface area contributed by atoms with Gasteiger partial charge in [0.15, 0.2) is 18.1 Å². The summed E-state index contributed by atoms with van der Waals surface area (Å²) in [5.74, 6) is -0.802. The Bertz CT molecular complexity index is 827. The van der Waals surface area contributed by atoms with E-state index in [4.69, 9.17) is 25.8 Å². The molecule has 1 amide bonds. The van der Waals surface area contributed by atoms with Crippen molar-refractivity contribution in [2.75, 3.05) is 25.1 Å². The average Bonchev–Trinajstić information content (AvgIpc) is 2.59. The van der Waals surface area contributed by atoms with Crippen molar-refractivity contribution in [3.63, 3.8) is 0 Å². The van der Waals surface area contributed by atoms with E-state index in [1.165, 1.54) is 6.07 Å².